The van der Waals surface area contributed by atoms with Gasteiger partial charge in [0.15, 0.2) is 0 Å². The molecule has 1 saturated heterocycles. The lowest BCUT2D eigenvalue weighted by Gasteiger charge is -2.37. The van der Waals surface area contributed by atoms with Gasteiger partial charge in [-0.2, -0.15) is 0 Å². The molecular formula is C18H31NO2. The summed E-state index contributed by atoms with van der Waals surface area (Å²) in [6, 6.07) is 0.440. The highest BCUT2D eigenvalue weighted by Gasteiger charge is 2.37. The minimum atomic E-state index is -0.542. The van der Waals surface area contributed by atoms with Crippen LogP contribution in [0.5, 0.6) is 0 Å². The summed E-state index contributed by atoms with van der Waals surface area (Å²) in [5.74, 6) is 0.344. The Morgan fingerprint density at radius 3 is 2.43 bits per heavy atom. The van der Waals surface area contributed by atoms with Crippen molar-refractivity contribution in [3.05, 3.63) is 37.0 Å². The van der Waals surface area contributed by atoms with E-state index in [0.717, 1.165) is 12.1 Å². The first-order valence-corrected chi connectivity index (χ1v) is 7.84. The van der Waals surface area contributed by atoms with Gasteiger partial charge in [-0.1, -0.05) is 45.2 Å². The first-order valence-electron chi connectivity index (χ1n) is 7.84. The van der Waals surface area contributed by atoms with Gasteiger partial charge in [0.05, 0.1) is 12.2 Å². The third-order valence-electron chi connectivity index (χ3n) is 4.96. The summed E-state index contributed by atoms with van der Waals surface area (Å²) in [6.07, 6.45) is 7.20. The Hall–Kier alpha value is -0.900. The van der Waals surface area contributed by atoms with Gasteiger partial charge in [0.25, 0.3) is 0 Å². The summed E-state index contributed by atoms with van der Waals surface area (Å²) < 4.78 is 5.79. The van der Waals surface area contributed by atoms with Crippen molar-refractivity contribution in [2.45, 2.75) is 44.9 Å². The summed E-state index contributed by atoms with van der Waals surface area (Å²) in [5.41, 5.74) is 0.818. The zero-order valence-corrected chi connectivity index (χ0v) is 14.0. The summed E-state index contributed by atoms with van der Waals surface area (Å²) >= 11 is 0. The first kappa shape index (κ1) is 18.1. The van der Waals surface area contributed by atoms with Gasteiger partial charge in [-0.3, -0.25) is 0 Å². The van der Waals surface area contributed by atoms with Gasteiger partial charge < -0.3 is 14.7 Å². The van der Waals surface area contributed by atoms with E-state index < -0.39 is 6.10 Å². The Morgan fingerprint density at radius 1 is 1.33 bits per heavy atom. The number of ether oxygens (including phenoxy) is 1. The third kappa shape index (κ3) is 4.29. The second kappa shape index (κ2) is 8.52. The lowest BCUT2D eigenvalue weighted by Crippen LogP contribution is -2.45. The fourth-order valence-corrected chi connectivity index (χ4v) is 3.39. The fraction of sp³-hybridized carbons (Fsp3) is 0.667. The number of likely N-dealkylation sites (N-methyl/N-ethyl adjacent to an activating group) is 1. The molecule has 1 aliphatic rings. The number of methoxy groups -OCH3 is 1. The molecule has 5 atom stereocenters. The van der Waals surface area contributed by atoms with Crippen LogP contribution >= 0.6 is 0 Å². The Bertz CT molecular complexity index is 377. The van der Waals surface area contributed by atoms with Crippen molar-refractivity contribution in [2.75, 3.05) is 20.7 Å². The molecule has 0 amide bonds. The van der Waals surface area contributed by atoms with Crippen LogP contribution in [-0.2, 0) is 4.74 Å². The molecule has 0 aromatic heterocycles. The maximum Gasteiger partial charge on any atom is 0.0818 e. The predicted molar refractivity (Wildman–Crippen MR) is 89.3 cm³/mol. The monoisotopic (exact) mass is 293 g/mol. The molecule has 0 aliphatic carbocycles. The molecule has 0 aromatic rings. The standard InChI is InChI=1S/C18H31NO2/c1-7-10-15(8-2)17(20)13(3)14(4)18(21-6)16-11-9-12-19(16)5/h7-8,10,13-14,16-18,20H,1-2,9,11-12H2,3-6H3/b15-10+. The molecule has 0 bridgehead atoms. The van der Waals surface area contributed by atoms with Crippen LogP contribution in [0.25, 0.3) is 0 Å². The highest BCUT2D eigenvalue weighted by molar-refractivity contribution is 5.25. The minimum absolute atomic E-state index is 0.0909. The smallest absolute Gasteiger partial charge is 0.0818 e. The van der Waals surface area contributed by atoms with E-state index in [1.165, 1.54) is 12.8 Å². The number of hydrogen-bond acceptors (Lipinski definition) is 3. The van der Waals surface area contributed by atoms with E-state index in [1.54, 1.807) is 19.3 Å². The normalized spacial score (nSPS) is 26.1. The summed E-state index contributed by atoms with van der Waals surface area (Å²) in [6.45, 7) is 12.9. The van der Waals surface area contributed by atoms with Gasteiger partial charge in [0.2, 0.25) is 0 Å². The second-order valence-electron chi connectivity index (χ2n) is 6.16. The lowest BCUT2D eigenvalue weighted by atomic mass is 9.80. The average molecular weight is 293 g/mol. The Labute approximate surface area is 130 Å². The fourth-order valence-electron chi connectivity index (χ4n) is 3.39. The van der Waals surface area contributed by atoms with Crippen LogP contribution in [0.2, 0.25) is 0 Å². The molecule has 3 heteroatoms. The zero-order valence-electron chi connectivity index (χ0n) is 14.0. The van der Waals surface area contributed by atoms with Crippen molar-refractivity contribution < 1.29 is 9.84 Å². The summed E-state index contributed by atoms with van der Waals surface area (Å²) in [4.78, 5) is 2.37. The number of hydrogen-bond donors (Lipinski definition) is 1. The van der Waals surface area contributed by atoms with Gasteiger partial charge >= 0.3 is 0 Å². The molecule has 0 aromatic carbocycles. The molecule has 1 rings (SSSR count). The van der Waals surface area contributed by atoms with Crippen molar-refractivity contribution in [1.82, 2.24) is 4.90 Å². The van der Waals surface area contributed by atoms with Crippen molar-refractivity contribution in [1.29, 1.82) is 0 Å². The molecule has 1 aliphatic heterocycles. The van der Waals surface area contributed by atoms with Crippen molar-refractivity contribution in [2.24, 2.45) is 11.8 Å². The van der Waals surface area contributed by atoms with E-state index in [-0.39, 0.29) is 17.9 Å². The van der Waals surface area contributed by atoms with Crippen LogP contribution < -0.4 is 0 Å². The van der Waals surface area contributed by atoms with Gasteiger partial charge in [-0.15, -0.1) is 0 Å². The molecule has 5 unspecified atom stereocenters. The molecule has 1 N–H and O–H groups in total. The molecule has 3 nitrogen and oxygen atoms in total. The number of likely N-dealkylation sites (tertiary alicyclic amines) is 1. The first-order chi connectivity index (χ1) is 9.97. The van der Waals surface area contributed by atoms with Gasteiger partial charge in [-0.25, -0.2) is 0 Å². The highest BCUT2D eigenvalue weighted by Crippen LogP contribution is 2.31. The topological polar surface area (TPSA) is 32.7 Å². The number of aliphatic hydroxyl groups is 1. The predicted octanol–water partition coefficient (Wildman–Crippen LogP) is 3.03. The van der Waals surface area contributed by atoms with Crippen LogP contribution in [0, 0.1) is 11.8 Å². The van der Waals surface area contributed by atoms with E-state index in [4.69, 9.17) is 4.74 Å². The number of aliphatic hydroxyl groups excluding tert-OH is 1. The van der Waals surface area contributed by atoms with Crippen LogP contribution in [0.4, 0.5) is 0 Å². The largest absolute Gasteiger partial charge is 0.388 e. The van der Waals surface area contributed by atoms with Crippen LogP contribution in [0.3, 0.4) is 0 Å². The van der Waals surface area contributed by atoms with Crippen LogP contribution in [0.1, 0.15) is 26.7 Å². The minimum Gasteiger partial charge on any atom is -0.388 e. The Morgan fingerprint density at radius 2 is 2.00 bits per heavy atom. The Kier molecular flexibility index (Phi) is 7.36. The van der Waals surface area contributed by atoms with E-state index >= 15 is 0 Å². The van der Waals surface area contributed by atoms with Gasteiger partial charge in [-0.05, 0) is 43.8 Å². The molecule has 0 saturated carbocycles. The number of allylic oxidation sites excluding steroid dienone is 2. The highest BCUT2D eigenvalue weighted by atomic mass is 16.5. The lowest BCUT2D eigenvalue weighted by molar-refractivity contribution is -0.0307. The molecule has 0 radical (unpaired) electrons. The zero-order chi connectivity index (χ0) is 16.0. The molecular weight excluding hydrogens is 262 g/mol. The van der Waals surface area contributed by atoms with Gasteiger partial charge in [0, 0.05) is 13.2 Å². The van der Waals surface area contributed by atoms with E-state index in [2.05, 4.69) is 39.0 Å². The van der Waals surface area contributed by atoms with E-state index in [1.807, 2.05) is 6.08 Å². The summed E-state index contributed by atoms with van der Waals surface area (Å²) in [5, 5.41) is 10.6. The SMILES string of the molecule is C=C/C=C(\C=C)C(O)C(C)C(C)C(OC)C1CCCN1C. The summed E-state index contributed by atoms with van der Waals surface area (Å²) in [7, 11) is 3.94. The van der Waals surface area contributed by atoms with Crippen molar-refractivity contribution in [3.63, 3.8) is 0 Å². The molecule has 0 spiro atoms. The van der Waals surface area contributed by atoms with E-state index in [9.17, 15) is 5.11 Å². The Balaban J connectivity index is 2.83. The molecule has 120 valence electrons. The van der Waals surface area contributed by atoms with Crippen molar-refractivity contribution >= 4 is 0 Å². The molecule has 1 fully saturated rings. The average Bonchev–Trinajstić information content (AvgIpc) is 2.90. The van der Waals surface area contributed by atoms with Crippen molar-refractivity contribution in [3.8, 4) is 0 Å². The van der Waals surface area contributed by atoms with Crippen LogP contribution in [0.15, 0.2) is 37.0 Å². The third-order valence-corrected chi connectivity index (χ3v) is 4.96. The quantitative estimate of drug-likeness (QED) is 0.698. The van der Waals surface area contributed by atoms with Crippen LogP contribution in [-0.4, -0.2) is 49.0 Å². The maximum atomic E-state index is 10.6. The number of nitrogens with zero attached hydrogens (tertiary/aromatic N) is 1. The second-order valence-corrected chi connectivity index (χ2v) is 6.16. The molecule has 1 heterocycles. The number of rotatable bonds is 8. The van der Waals surface area contributed by atoms with Gasteiger partial charge in [0.1, 0.15) is 0 Å². The van der Waals surface area contributed by atoms with E-state index in [0.29, 0.717) is 6.04 Å². The maximum absolute atomic E-state index is 10.6. The molecule has 21 heavy (non-hydrogen) atoms.